The molecule has 9 heteroatoms. The molecule has 1 N–H and O–H groups in total. The van der Waals surface area contributed by atoms with Crippen LogP contribution in [-0.4, -0.2) is 36.2 Å². The summed E-state index contributed by atoms with van der Waals surface area (Å²) in [5.41, 5.74) is 0.897. The number of hydrogen-bond donors (Lipinski definition) is 1. The summed E-state index contributed by atoms with van der Waals surface area (Å²) in [5, 5.41) is 13.5. The first kappa shape index (κ1) is 21.8. The molecule has 1 atom stereocenters. The Labute approximate surface area is 172 Å². The molecule has 1 heterocycles. The van der Waals surface area contributed by atoms with Crippen LogP contribution >= 0.6 is 0 Å². The highest BCUT2D eigenvalue weighted by molar-refractivity contribution is 7.90. The summed E-state index contributed by atoms with van der Waals surface area (Å²) in [6, 6.07) is 9.04. The SMILES string of the molecule is C[C@H](CO)Cc1c(-c2ccc(S(C)(=O)=O)cc2)cnn(-c2ccc(F)c(F)c2)c1=O. The normalized spacial score (nSPS) is 12.7. The van der Waals surface area contributed by atoms with Crippen molar-refractivity contribution in [2.75, 3.05) is 12.9 Å². The molecule has 6 nitrogen and oxygen atoms in total. The molecule has 0 aliphatic rings. The number of aliphatic hydroxyl groups is 1. The summed E-state index contributed by atoms with van der Waals surface area (Å²) >= 11 is 0. The molecule has 0 radical (unpaired) electrons. The molecule has 0 amide bonds. The molecule has 1 aromatic heterocycles. The number of aromatic nitrogens is 2. The quantitative estimate of drug-likeness (QED) is 0.645. The summed E-state index contributed by atoms with van der Waals surface area (Å²) < 4.78 is 51.2. The van der Waals surface area contributed by atoms with Gasteiger partial charge in [-0.2, -0.15) is 9.78 Å². The van der Waals surface area contributed by atoms with Crippen molar-refractivity contribution in [3.8, 4) is 16.8 Å². The van der Waals surface area contributed by atoms with E-state index in [0.717, 1.165) is 23.1 Å². The van der Waals surface area contributed by atoms with Crippen molar-refractivity contribution in [2.24, 2.45) is 5.92 Å². The molecule has 3 rings (SSSR count). The van der Waals surface area contributed by atoms with Gasteiger partial charge in [0.25, 0.3) is 5.56 Å². The average molecular weight is 434 g/mol. The zero-order chi connectivity index (χ0) is 22.1. The molecule has 0 saturated heterocycles. The molecule has 0 bridgehead atoms. The summed E-state index contributed by atoms with van der Waals surface area (Å²) in [7, 11) is -3.37. The molecule has 2 aromatic carbocycles. The summed E-state index contributed by atoms with van der Waals surface area (Å²) in [4.78, 5) is 13.3. The Morgan fingerprint density at radius 2 is 1.77 bits per heavy atom. The lowest BCUT2D eigenvalue weighted by atomic mass is 9.95. The molecule has 30 heavy (non-hydrogen) atoms. The lowest BCUT2D eigenvalue weighted by Crippen LogP contribution is -2.27. The van der Waals surface area contributed by atoms with E-state index in [9.17, 15) is 27.1 Å². The van der Waals surface area contributed by atoms with E-state index in [4.69, 9.17) is 0 Å². The second kappa shape index (κ2) is 8.45. The van der Waals surface area contributed by atoms with Gasteiger partial charge in [0.15, 0.2) is 21.5 Å². The van der Waals surface area contributed by atoms with Crippen molar-refractivity contribution >= 4 is 9.84 Å². The van der Waals surface area contributed by atoms with Crippen LogP contribution in [0, 0.1) is 17.6 Å². The van der Waals surface area contributed by atoms with E-state index >= 15 is 0 Å². The Kier molecular flexibility index (Phi) is 6.14. The lowest BCUT2D eigenvalue weighted by molar-refractivity contribution is 0.236. The van der Waals surface area contributed by atoms with Crippen LogP contribution in [0.25, 0.3) is 16.8 Å². The molecular weight excluding hydrogens is 414 g/mol. The van der Waals surface area contributed by atoms with Gasteiger partial charge in [0.2, 0.25) is 0 Å². The first-order valence-corrected chi connectivity index (χ1v) is 11.0. The first-order chi connectivity index (χ1) is 14.1. The standard InChI is InChI=1S/C21H20F2N2O4S/c1-13(12-26)9-17-18(14-3-6-16(7-4-14)30(2,28)29)11-24-25(21(17)27)15-5-8-19(22)20(23)10-15/h3-8,10-11,13,26H,9,12H2,1-2H3/t13-/m0/s1. The lowest BCUT2D eigenvalue weighted by Gasteiger charge is -2.15. The Morgan fingerprint density at radius 3 is 2.33 bits per heavy atom. The summed E-state index contributed by atoms with van der Waals surface area (Å²) in [6.45, 7) is 1.61. The van der Waals surface area contributed by atoms with Gasteiger partial charge in [0.1, 0.15) is 0 Å². The predicted molar refractivity (Wildman–Crippen MR) is 108 cm³/mol. The molecule has 0 spiro atoms. The van der Waals surface area contributed by atoms with E-state index in [1.807, 2.05) is 0 Å². The Bertz CT molecular complexity index is 1240. The molecular formula is C21H20F2N2O4S. The Balaban J connectivity index is 2.17. The third kappa shape index (κ3) is 4.47. The Hall–Kier alpha value is -2.91. The van der Waals surface area contributed by atoms with E-state index in [1.165, 1.54) is 24.4 Å². The highest BCUT2D eigenvalue weighted by atomic mass is 32.2. The van der Waals surface area contributed by atoms with Crippen molar-refractivity contribution < 1.29 is 22.3 Å². The van der Waals surface area contributed by atoms with Crippen LogP contribution in [0.2, 0.25) is 0 Å². The van der Waals surface area contributed by atoms with E-state index in [0.29, 0.717) is 16.7 Å². The van der Waals surface area contributed by atoms with E-state index in [1.54, 1.807) is 19.1 Å². The van der Waals surface area contributed by atoms with Gasteiger partial charge in [-0.05, 0) is 42.2 Å². The van der Waals surface area contributed by atoms with Gasteiger partial charge < -0.3 is 5.11 Å². The minimum absolute atomic E-state index is 0.0655. The van der Waals surface area contributed by atoms with Crippen LogP contribution in [0.4, 0.5) is 8.78 Å². The van der Waals surface area contributed by atoms with Gasteiger partial charge in [-0.1, -0.05) is 19.1 Å². The van der Waals surface area contributed by atoms with Gasteiger partial charge >= 0.3 is 0 Å². The molecule has 0 unspecified atom stereocenters. The van der Waals surface area contributed by atoms with Crippen molar-refractivity contribution in [3.63, 3.8) is 0 Å². The van der Waals surface area contributed by atoms with Crippen molar-refractivity contribution in [3.05, 3.63) is 76.2 Å². The fourth-order valence-electron chi connectivity index (χ4n) is 3.03. The number of hydrogen-bond acceptors (Lipinski definition) is 5. The van der Waals surface area contributed by atoms with Crippen LogP contribution in [0.3, 0.4) is 0 Å². The van der Waals surface area contributed by atoms with Crippen LogP contribution in [0.1, 0.15) is 12.5 Å². The molecule has 0 saturated carbocycles. The van der Waals surface area contributed by atoms with Gasteiger partial charge in [-0.25, -0.2) is 17.2 Å². The third-order valence-corrected chi connectivity index (χ3v) is 5.81. The monoisotopic (exact) mass is 434 g/mol. The summed E-state index contributed by atoms with van der Waals surface area (Å²) in [6.07, 6.45) is 2.73. The van der Waals surface area contributed by atoms with Gasteiger partial charge in [-0.3, -0.25) is 4.79 Å². The number of rotatable bonds is 6. The zero-order valence-electron chi connectivity index (χ0n) is 16.3. The van der Waals surface area contributed by atoms with E-state index in [2.05, 4.69) is 5.10 Å². The fraction of sp³-hybridized carbons (Fsp3) is 0.238. The fourth-order valence-corrected chi connectivity index (χ4v) is 3.66. The van der Waals surface area contributed by atoms with E-state index in [-0.39, 0.29) is 29.5 Å². The topological polar surface area (TPSA) is 89.3 Å². The minimum Gasteiger partial charge on any atom is -0.396 e. The van der Waals surface area contributed by atoms with Crippen LogP contribution < -0.4 is 5.56 Å². The van der Waals surface area contributed by atoms with Crippen molar-refractivity contribution in [1.29, 1.82) is 0 Å². The first-order valence-electron chi connectivity index (χ1n) is 9.09. The van der Waals surface area contributed by atoms with Crippen molar-refractivity contribution in [2.45, 2.75) is 18.2 Å². The second-order valence-corrected chi connectivity index (χ2v) is 9.16. The molecule has 0 aliphatic carbocycles. The largest absolute Gasteiger partial charge is 0.396 e. The zero-order valence-corrected chi connectivity index (χ0v) is 17.2. The Morgan fingerprint density at radius 1 is 1.10 bits per heavy atom. The van der Waals surface area contributed by atoms with Gasteiger partial charge in [0, 0.05) is 30.1 Å². The smallest absolute Gasteiger partial charge is 0.275 e. The minimum atomic E-state index is -3.37. The van der Waals surface area contributed by atoms with Crippen molar-refractivity contribution in [1.82, 2.24) is 9.78 Å². The van der Waals surface area contributed by atoms with Gasteiger partial charge in [-0.15, -0.1) is 0 Å². The van der Waals surface area contributed by atoms with E-state index < -0.39 is 27.0 Å². The molecule has 0 aliphatic heterocycles. The highest BCUT2D eigenvalue weighted by Gasteiger charge is 2.18. The number of aliphatic hydroxyl groups excluding tert-OH is 1. The van der Waals surface area contributed by atoms with Crippen LogP contribution in [0.15, 0.2) is 58.4 Å². The maximum absolute atomic E-state index is 13.6. The van der Waals surface area contributed by atoms with Gasteiger partial charge in [0.05, 0.1) is 16.8 Å². The highest BCUT2D eigenvalue weighted by Crippen LogP contribution is 2.25. The number of benzene rings is 2. The number of nitrogens with zero attached hydrogens (tertiary/aromatic N) is 2. The predicted octanol–water partition coefficient (Wildman–Crippen LogP) is 2.75. The molecule has 3 aromatic rings. The maximum atomic E-state index is 13.6. The second-order valence-electron chi connectivity index (χ2n) is 7.14. The average Bonchev–Trinajstić information content (AvgIpc) is 2.71. The van der Waals surface area contributed by atoms with Crippen LogP contribution in [0.5, 0.6) is 0 Å². The summed E-state index contributed by atoms with van der Waals surface area (Å²) in [5.74, 6) is -2.39. The number of halogens is 2. The molecule has 158 valence electrons. The maximum Gasteiger partial charge on any atom is 0.275 e. The third-order valence-electron chi connectivity index (χ3n) is 4.68. The number of sulfone groups is 1. The molecule has 0 fully saturated rings. The van der Waals surface area contributed by atoms with Crippen LogP contribution in [-0.2, 0) is 16.3 Å².